The average Bonchev–Trinajstić information content (AvgIpc) is 2.78. The fraction of sp³-hybridized carbons (Fsp3) is 0.375. The van der Waals surface area contributed by atoms with Crippen LogP contribution in [0.1, 0.15) is 46.9 Å². The van der Waals surface area contributed by atoms with Crippen molar-refractivity contribution < 1.29 is 23.9 Å². The first-order valence-electron chi connectivity index (χ1n) is 7.09. The van der Waals surface area contributed by atoms with Gasteiger partial charge in [-0.15, -0.1) is 0 Å². The molecule has 6 nitrogen and oxygen atoms in total. The zero-order chi connectivity index (χ0) is 16.3. The number of hydrogen-bond donors (Lipinski definition) is 0. The molecule has 6 heteroatoms. The van der Waals surface area contributed by atoms with E-state index in [9.17, 15) is 19.2 Å². The Morgan fingerprint density at radius 3 is 2.14 bits per heavy atom. The zero-order valence-electron chi connectivity index (χ0n) is 12.5. The van der Waals surface area contributed by atoms with Crippen molar-refractivity contribution in [2.24, 2.45) is 0 Å². The second kappa shape index (κ2) is 6.51. The van der Waals surface area contributed by atoms with Crippen molar-refractivity contribution >= 4 is 23.6 Å². The van der Waals surface area contributed by atoms with E-state index in [0.717, 1.165) is 12.0 Å². The number of fused-ring (bicyclic) bond motifs is 1. The maximum Gasteiger partial charge on any atom is 0.374 e. The summed E-state index contributed by atoms with van der Waals surface area (Å²) in [5, 5.41) is 0. The summed E-state index contributed by atoms with van der Waals surface area (Å²) >= 11 is 0. The Labute approximate surface area is 128 Å². The van der Waals surface area contributed by atoms with Crippen LogP contribution in [-0.2, 0) is 14.3 Å². The zero-order valence-corrected chi connectivity index (χ0v) is 12.5. The van der Waals surface area contributed by atoms with Crippen molar-refractivity contribution in [1.29, 1.82) is 0 Å². The van der Waals surface area contributed by atoms with E-state index in [0.29, 0.717) is 24.0 Å². The smallest absolute Gasteiger partial charge is 0.374 e. The molecular formula is C16H17NO5. The van der Waals surface area contributed by atoms with E-state index in [2.05, 4.69) is 4.74 Å². The predicted molar refractivity (Wildman–Crippen MR) is 77.3 cm³/mol. The van der Waals surface area contributed by atoms with Crippen LogP contribution < -0.4 is 0 Å². The summed E-state index contributed by atoms with van der Waals surface area (Å²) in [5.74, 6) is -2.54. The molecule has 0 aliphatic carbocycles. The normalized spacial score (nSPS) is 14.7. The summed E-state index contributed by atoms with van der Waals surface area (Å²) in [6, 6.07) is 5.90. The molecule has 0 radical (unpaired) electrons. The summed E-state index contributed by atoms with van der Waals surface area (Å²) in [4.78, 5) is 49.0. The van der Waals surface area contributed by atoms with Gasteiger partial charge in [-0.05, 0) is 18.6 Å². The molecule has 0 saturated carbocycles. The topological polar surface area (TPSA) is 80.8 Å². The number of benzene rings is 1. The first-order chi connectivity index (χ1) is 10.5. The van der Waals surface area contributed by atoms with E-state index in [1.807, 2.05) is 6.92 Å². The Hall–Kier alpha value is -2.50. The molecule has 0 fully saturated rings. The number of hydrogen-bond acceptors (Lipinski definition) is 5. The van der Waals surface area contributed by atoms with Gasteiger partial charge in [-0.3, -0.25) is 19.3 Å². The lowest BCUT2D eigenvalue weighted by Gasteiger charge is -2.25. The van der Waals surface area contributed by atoms with Gasteiger partial charge in [0.25, 0.3) is 11.8 Å². The first kappa shape index (κ1) is 15.9. The molecule has 0 bridgehead atoms. The first-order valence-corrected chi connectivity index (χ1v) is 7.09. The van der Waals surface area contributed by atoms with Gasteiger partial charge in [0, 0.05) is 12.5 Å². The van der Waals surface area contributed by atoms with E-state index < -0.39 is 29.6 Å². The van der Waals surface area contributed by atoms with Gasteiger partial charge in [-0.25, -0.2) is 4.79 Å². The van der Waals surface area contributed by atoms with Crippen molar-refractivity contribution in [3.8, 4) is 0 Å². The number of Topliss-reactive ketones (excluding diaryl/α,β-unsaturated/α-hetero) is 1. The molecule has 1 aromatic carbocycles. The highest BCUT2D eigenvalue weighted by molar-refractivity contribution is 6.34. The Kier molecular flexibility index (Phi) is 4.70. The Balaban J connectivity index is 2.27. The molecule has 116 valence electrons. The fourth-order valence-electron chi connectivity index (χ4n) is 2.61. The minimum absolute atomic E-state index is 0.216. The molecule has 2 rings (SSSR count). The number of esters is 1. The second-order valence-electron chi connectivity index (χ2n) is 5.09. The van der Waals surface area contributed by atoms with Crippen LogP contribution >= 0.6 is 0 Å². The lowest BCUT2D eigenvalue weighted by Crippen LogP contribution is -2.42. The van der Waals surface area contributed by atoms with Crippen LogP contribution in [0.3, 0.4) is 0 Å². The highest BCUT2D eigenvalue weighted by Crippen LogP contribution is 2.27. The van der Waals surface area contributed by atoms with Crippen LogP contribution in [0.2, 0.25) is 0 Å². The van der Waals surface area contributed by atoms with Crippen molar-refractivity contribution in [3.05, 3.63) is 35.4 Å². The Morgan fingerprint density at radius 1 is 1.14 bits per heavy atom. The molecule has 22 heavy (non-hydrogen) atoms. The fourth-order valence-corrected chi connectivity index (χ4v) is 2.61. The molecule has 1 unspecified atom stereocenters. The Bertz CT molecular complexity index is 602. The highest BCUT2D eigenvalue weighted by atomic mass is 16.5. The van der Waals surface area contributed by atoms with Gasteiger partial charge in [-0.2, -0.15) is 0 Å². The van der Waals surface area contributed by atoms with Crippen LogP contribution in [-0.4, -0.2) is 41.6 Å². The van der Waals surface area contributed by atoms with Crippen molar-refractivity contribution in [2.75, 3.05) is 7.11 Å². The minimum atomic E-state index is -0.960. The molecule has 1 aliphatic rings. The van der Waals surface area contributed by atoms with Crippen LogP contribution in [0.4, 0.5) is 0 Å². The number of carbonyl (C=O) groups excluding carboxylic acids is 4. The van der Waals surface area contributed by atoms with Gasteiger partial charge in [0.15, 0.2) is 0 Å². The van der Waals surface area contributed by atoms with Crippen molar-refractivity contribution in [1.82, 2.24) is 4.90 Å². The summed E-state index contributed by atoms with van der Waals surface area (Å²) in [7, 11) is 1.12. The van der Waals surface area contributed by atoms with Crippen LogP contribution in [0.25, 0.3) is 0 Å². The SMILES string of the molecule is CCCC(CC(=O)C(=O)OC)N1C(=O)c2ccccc2C1=O. The van der Waals surface area contributed by atoms with Crippen LogP contribution in [0, 0.1) is 0 Å². The summed E-state index contributed by atoms with van der Waals surface area (Å²) in [5.41, 5.74) is 0.665. The number of imide groups is 1. The summed E-state index contributed by atoms with van der Waals surface area (Å²) in [6.07, 6.45) is 0.909. The molecule has 0 N–H and O–H groups in total. The number of methoxy groups -OCH3 is 1. The molecule has 0 spiro atoms. The summed E-state index contributed by atoms with van der Waals surface area (Å²) in [6.45, 7) is 1.88. The number of nitrogens with zero attached hydrogens (tertiary/aromatic N) is 1. The highest BCUT2D eigenvalue weighted by Gasteiger charge is 2.40. The van der Waals surface area contributed by atoms with Gasteiger partial charge in [0.1, 0.15) is 0 Å². The number of carbonyl (C=O) groups is 4. The third kappa shape index (κ3) is 2.77. The van der Waals surface area contributed by atoms with Gasteiger partial charge in [0.2, 0.25) is 5.78 Å². The van der Waals surface area contributed by atoms with Crippen molar-refractivity contribution in [2.45, 2.75) is 32.2 Å². The van der Waals surface area contributed by atoms with E-state index >= 15 is 0 Å². The number of ketones is 1. The summed E-state index contributed by atoms with van der Waals surface area (Å²) < 4.78 is 4.39. The largest absolute Gasteiger partial charge is 0.463 e. The number of amides is 2. The lowest BCUT2D eigenvalue weighted by atomic mass is 10.0. The molecular weight excluding hydrogens is 286 g/mol. The molecule has 1 aromatic rings. The number of ether oxygens (including phenoxy) is 1. The van der Waals surface area contributed by atoms with Gasteiger partial charge in [0.05, 0.1) is 18.2 Å². The quantitative estimate of drug-likeness (QED) is 0.453. The molecule has 0 saturated heterocycles. The second-order valence-corrected chi connectivity index (χ2v) is 5.09. The maximum atomic E-state index is 12.4. The van der Waals surface area contributed by atoms with Crippen LogP contribution in [0.15, 0.2) is 24.3 Å². The molecule has 2 amide bonds. The van der Waals surface area contributed by atoms with E-state index in [-0.39, 0.29) is 6.42 Å². The molecule has 1 heterocycles. The molecule has 1 atom stereocenters. The van der Waals surface area contributed by atoms with E-state index in [1.165, 1.54) is 0 Å². The third-order valence-corrected chi connectivity index (χ3v) is 3.65. The maximum absolute atomic E-state index is 12.4. The minimum Gasteiger partial charge on any atom is -0.463 e. The molecule has 1 aliphatic heterocycles. The van der Waals surface area contributed by atoms with Gasteiger partial charge >= 0.3 is 5.97 Å². The van der Waals surface area contributed by atoms with Crippen molar-refractivity contribution in [3.63, 3.8) is 0 Å². The Morgan fingerprint density at radius 2 is 1.68 bits per heavy atom. The third-order valence-electron chi connectivity index (χ3n) is 3.65. The van der Waals surface area contributed by atoms with Crippen LogP contribution in [0.5, 0.6) is 0 Å². The lowest BCUT2D eigenvalue weighted by molar-refractivity contribution is -0.152. The standard InChI is InChI=1S/C16H17NO5/c1-3-6-10(9-13(18)16(21)22-2)17-14(19)11-7-4-5-8-12(11)15(17)20/h4-5,7-8,10H,3,6,9H2,1-2H3. The van der Waals surface area contributed by atoms with Gasteiger partial charge in [-0.1, -0.05) is 25.5 Å². The molecule has 0 aromatic heterocycles. The van der Waals surface area contributed by atoms with Gasteiger partial charge < -0.3 is 4.74 Å². The predicted octanol–water partition coefficient (Wildman–Crippen LogP) is 1.58. The monoisotopic (exact) mass is 303 g/mol. The van der Waals surface area contributed by atoms with E-state index in [1.54, 1.807) is 24.3 Å². The number of rotatable bonds is 6. The average molecular weight is 303 g/mol. The van der Waals surface area contributed by atoms with E-state index in [4.69, 9.17) is 0 Å².